The molecule has 0 saturated carbocycles. The van der Waals surface area contributed by atoms with Crippen molar-refractivity contribution >= 4 is 43.4 Å². The standard InChI is InChI=1S/C47H26N4/c48-27-30-20-22-42-40(24-30)41-25-31(28-49)21-23-43(41)51(42)44-19-9-14-35(29-50)45(44)33-12-8-13-34(26-33)47-38-17-6-4-15-36(38)46(32-10-2-1-3-11-32)37-16-5-7-18-39(37)47/h1-26H. The van der Waals surface area contributed by atoms with Crippen LogP contribution in [0.4, 0.5) is 0 Å². The summed E-state index contributed by atoms with van der Waals surface area (Å²) in [4.78, 5) is 0. The Balaban J connectivity index is 1.33. The van der Waals surface area contributed by atoms with Gasteiger partial charge in [0.2, 0.25) is 0 Å². The molecule has 9 aromatic rings. The lowest BCUT2D eigenvalue weighted by Gasteiger charge is -2.19. The number of rotatable bonds is 4. The summed E-state index contributed by atoms with van der Waals surface area (Å²) in [5, 5.41) is 36.4. The van der Waals surface area contributed by atoms with Crippen molar-refractivity contribution in [1.29, 1.82) is 15.8 Å². The molecule has 4 nitrogen and oxygen atoms in total. The number of hydrogen-bond donors (Lipinski definition) is 0. The molecule has 0 radical (unpaired) electrons. The Labute approximate surface area is 294 Å². The van der Waals surface area contributed by atoms with Gasteiger partial charge in [-0.3, -0.25) is 0 Å². The molecule has 0 atom stereocenters. The monoisotopic (exact) mass is 646 g/mol. The van der Waals surface area contributed by atoms with Gasteiger partial charge >= 0.3 is 0 Å². The maximum Gasteiger partial charge on any atom is 0.0998 e. The first-order valence-electron chi connectivity index (χ1n) is 16.7. The van der Waals surface area contributed by atoms with Crippen LogP contribution in [0.25, 0.3) is 82.4 Å². The minimum atomic E-state index is 0.542. The second-order valence-corrected chi connectivity index (χ2v) is 12.6. The summed E-state index contributed by atoms with van der Waals surface area (Å²) >= 11 is 0. The van der Waals surface area contributed by atoms with Gasteiger partial charge in [-0.25, -0.2) is 0 Å². The van der Waals surface area contributed by atoms with Crippen LogP contribution in [0.15, 0.2) is 158 Å². The van der Waals surface area contributed by atoms with Crippen molar-refractivity contribution < 1.29 is 0 Å². The van der Waals surface area contributed by atoms with Crippen LogP contribution < -0.4 is 0 Å². The zero-order valence-electron chi connectivity index (χ0n) is 27.3. The molecule has 0 spiro atoms. The van der Waals surface area contributed by atoms with Gasteiger partial charge in [-0.05, 0) is 104 Å². The van der Waals surface area contributed by atoms with E-state index in [-0.39, 0.29) is 0 Å². The molecule has 1 aromatic heterocycles. The van der Waals surface area contributed by atoms with Crippen molar-refractivity contribution in [2.45, 2.75) is 0 Å². The summed E-state index contributed by atoms with van der Waals surface area (Å²) in [5.41, 5.74) is 10.6. The average Bonchev–Trinajstić information content (AvgIpc) is 3.52. The van der Waals surface area contributed by atoms with E-state index >= 15 is 0 Å². The number of hydrogen-bond acceptors (Lipinski definition) is 3. The number of nitriles is 3. The lowest BCUT2D eigenvalue weighted by atomic mass is 9.85. The molecule has 0 bridgehead atoms. The van der Waals surface area contributed by atoms with Gasteiger partial charge in [0.25, 0.3) is 0 Å². The molecular weight excluding hydrogens is 621 g/mol. The molecule has 0 aliphatic rings. The average molecular weight is 647 g/mol. The van der Waals surface area contributed by atoms with Crippen LogP contribution in [0, 0.1) is 34.0 Å². The van der Waals surface area contributed by atoms with Crippen molar-refractivity contribution in [2.24, 2.45) is 0 Å². The highest BCUT2D eigenvalue weighted by molar-refractivity contribution is 6.21. The maximum atomic E-state index is 10.5. The minimum absolute atomic E-state index is 0.542. The Morgan fingerprint density at radius 1 is 0.353 bits per heavy atom. The van der Waals surface area contributed by atoms with Gasteiger partial charge in [-0.1, -0.05) is 103 Å². The van der Waals surface area contributed by atoms with Gasteiger partial charge < -0.3 is 4.57 Å². The first-order chi connectivity index (χ1) is 25.2. The predicted molar refractivity (Wildman–Crippen MR) is 206 cm³/mol. The smallest absolute Gasteiger partial charge is 0.0998 e. The molecule has 0 aliphatic heterocycles. The molecule has 0 unspecified atom stereocenters. The molecule has 0 N–H and O–H groups in total. The fraction of sp³-hybridized carbons (Fsp3) is 0. The summed E-state index contributed by atoms with van der Waals surface area (Å²) in [6.45, 7) is 0. The van der Waals surface area contributed by atoms with E-state index in [9.17, 15) is 15.8 Å². The topological polar surface area (TPSA) is 76.3 Å². The minimum Gasteiger partial charge on any atom is -0.309 e. The summed E-state index contributed by atoms with van der Waals surface area (Å²) in [7, 11) is 0. The Morgan fingerprint density at radius 3 is 1.35 bits per heavy atom. The Morgan fingerprint density at radius 2 is 0.824 bits per heavy atom. The van der Waals surface area contributed by atoms with Crippen molar-refractivity contribution in [3.63, 3.8) is 0 Å². The van der Waals surface area contributed by atoms with Crippen LogP contribution in [0.2, 0.25) is 0 Å². The summed E-state index contributed by atoms with van der Waals surface area (Å²) in [6.07, 6.45) is 0. The number of aromatic nitrogens is 1. The Kier molecular flexibility index (Phi) is 6.93. The molecule has 0 amide bonds. The molecule has 0 saturated heterocycles. The van der Waals surface area contributed by atoms with Gasteiger partial charge in [-0.15, -0.1) is 0 Å². The maximum absolute atomic E-state index is 10.5. The highest BCUT2D eigenvalue weighted by atomic mass is 15.0. The van der Waals surface area contributed by atoms with E-state index in [1.165, 1.54) is 21.9 Å². The third-order valence-corrected chi connectivity index (χ3v) is 9.86. The lowest BCUT2D eigenvalue weighted by Crippen LogP contribution is -2.00. The van der Waals surface area contributed by atoms with Gasteiger partial charge in [-0.2, -0.15) is 15.8 Å². The van der Waals surface area contributed by atoms with Gasteiger partial charge in [0, 0.05) is 16.3 Å². The fourth-order valence-corrected chi connectivity index (χ4v) is 7.73. The summed E-state index contributed by atoms with van der Waals surface area (Å²) in [5.74, 6) is 0. The molecular formula is C47H26N4. The SMILES string of the molecule is N#Cc1ccc2c(c1)c1cc(C#N)ccc1n2-c1cccc(C#N)c1-c1cccc(-c2c3ccccc3c(-c3ccccc3)c3ccccc23)c1. The normalized spacial score (nSPS) is 11.1. The Bertz CT molecular complexity index is 2870. The highest BCUT2D eigenvalue weighted by Crippen LogP contribution is 2.45. The van der Waals surface area contributed by atoms with E-state index in [1.807, 2.05) is 60.7 Å². The van der Waals surface area contributed by atoms with E-state index in [2.05, 4.69) is 120 Å². The van der Waals surface area contributed by atoms with Crippen LogP contribution in [0.5, 0.6) is 0 Å². The van der Waals surface area contributed by atoms with Crippen LogP contribution in [-0.2, 0) is 0 Å². The zero-order chi connectivity index (χ0) is 34.5. The van der Waals surface area contributed by atoms with E-state index in [4.69, 9.17) is 0 Å². The Hall–Kier alpha value is -7.45. The van der Waals surface area contributed by atoms with Crippen molar-refractivity contribution in [2.75, 3.05) is 0 Å². The van der Waals surface area contributed by atoms with Crippen LogP contribution in [0.1, 0.15) is 16.7 Å². The highest BCUT2D eigenvalue weighted by Gasteiger charge is 2.21. The number of fused-ring (bicyclic) bond motifs is 5. The number of benzene rings is 8. The van der Waals surface area contributed by atoms with Crippen molar-refractivity contribution in [3.05, 3.63) is 174 Å². The van der Waals surface area contributed by atoms with Gasteiger partial charge in [0.05, 0.1) is 51.6 Å². The molecule has 0 fully saturated rings. The second kappa shape index (κ2) is 11.9. The summed E-state index contributed by atoms with van der Waals surface area (Å²) in [6, 6.07) is 60.4. The van der Waals surface area contributed by atoms with Crippen molar-refractivity contribution in [3.8, 4) is 57.3 Å². The summed E-state index contributed by atoms with van der Waals surface area (Å²) < 4.78 is 2.15. The van der Waals surface area contributed by atoms with Crippen LogP contribution >= 0.6 is 0 Å². The zero-order valence-corrected chi connectivity index (χ0v) is 27.3. The first kappa shape index (κ1) is 29.7. The van der Waals surface area contributed by atoms with E-state index in [0.29, 0.717) is 16.7 Å². The number of nitrogens with zero attached hydrogens (tertiary/aromatic N) is 4. The van der Waals surface area contributed by atoms with Crippen LogP contribution in [-0.4, -0.2) is 4.57 Å². The fourth-order valence-electron chi connectivity index (χ4n) is 7.73. The van der Waals surface area contributed by atoms with E-state index in [1.54, 1.807) is 0 Å². The molecule has 8 aromatic carbocycles. The lowest BCUT2D eigenvalue weighted by molar-refractivity contribution is 1.18. The quantitative estimate of drug-likeness (QED) is 0.179. The third kappa shape index (κ3) is 4.66. The molecule has 234 valence electrons. The van der Waals surface area contributed by atoms with E-state index in [0.717, 1.165) is 60.5 Å². The largest absolute Gasteiger partial charge is 0.309 e. The predicted octanol–water partition coefficient (Wildman–Crippen LogP) is 11.7. The van der Waals surface area contributed by atoms with E-state index < -0.39 is 0 Å². The van der Waals surface area contributed by atoms with Gasteiger partial charge in [0.15, 0.2) is 0 Å². The second-order valence-electron chi connectivity index (χ2n) is 12.6. The van der Waals surface area contributed by atoms with Gasteiger partial charge in [0.1, 0.15) is 0 Å². The first-order valence-corrected chi connectivity index (χ1v) is 16.7. The molecule has 9 rings (SSSR count). The van der Waals surface area contributed by atoms with Crippen LogP contribution in [0.3, 0.4) is 0 Å². The molecule has 51 heavy (non-hydrogen) atoms. The third-order valence-electron chi connectivity index (χ3n) is 9.86. The van der Waals surface area contributed by atoms with Crippen molar-refractivity contribution in [1.82, 2.24) is 4.57 Å². The molecule has 0 aliphatic carbocycles. The molecule has 4 heteroatoms. The molecule has 1 heterocycles.